The summed E-state index contributed by atoms with van der Waals surface area (Å²) < 4.78 is 0. The topological polar surface area (TPSA) is 82.3 Å². The lowest BCUT2D eigenvalue weighted by Gasteiger charge is -2.18. The number of nitrogens with one attached hydrogen (secondary N) is 2. The summed E-state index contributed by atoms with van der Waals surface area (Å²) in [6, 6.07) is 7.96. The first-order valence-corrected chi connectivity index (χ1v) is 7.91. The number of carbonyl (C=O) groups excluding carboxylic acids is 3. The molecule has 1 unspecified atom stereocenters. The number of H-pyrrole nitrogens is 1. The lowest BCUT2D eigenvalue weighted by atomic mass is 10.2. The number of carbonyl (C=O) groups is 3. The van der Waals surface area contributed by atoms with Crippen molar-refractivity contribution >= 4 is 34.9 Å². The Bertz CT molecular complexity index is 815. The molecule has 0 aliphatic carbocycles. The number of hydrogen-bond acceptors (Lipinski definition) is 3. The molecule has 0 radical (unpaired) electrons. The van der Waals surface area contributed by atoms with E-state index in [0.29, 0.717) is 29.2 Å². The number of para-hydroxylation sites is 1. The van der Waals surface area contributed by atoms with Crippen molar-refractivity contribution in [3.05, 3.63) is 52.8 Å². The van der Waals surface area contributed by atoms with E-state index in [2.05, 4.69) is 10.3 Å². The minimum atomic E-state index is -0.613. The highest BCUT2D eigenvalue weighted by Gasteiger charge is 2.34. The number of amides is 2. The fourth-order valence-corrected chi connectivity index (χ4v) is 2.93. The molecule has 1 aromatic carbocycles. The van der Waals surface area contributed by atoms with Crippen LogP contribution in [0.4, 0.5) is 5.69 Å². The number of aromatic nitrogens is 1. The van der Waals surface area contributed by atoms with Gasteiger partial charge in [0.05, 0.1) is 10.7 Å². The normalized spacial score (nSPS) is 17.2. The van der Waals surface area contributed by atoms with Crippen LogP contribution >= 0.6 is 11.6 Å². The lowest BCUT2D eigenvalue weighted by Crippen LogP contribution is -2.41. The van der Waals surface area contributed by atoms with Crippen LogP contribution in [0.5, 0.6) is 0 Å². The molecule has 1 fully saturated rings. The van der Waals surface area contributed by atoms with Gasteiger partial charge in [-0.05, 0) is 31.5 Å². The smallest absolute Gasteiger partial charge is 0.268 e. The van der Waals surface area contributed by atoms with Crippen molar-refractivity contribution in [2.75, 3.05) is 11.4 Å². The number of rotatable bonds is 4. The molecule has 2 N–H and O–H groups in total. The summed E-state index contributed by atoms with van der Waals surface area (Å²) in [5, 5.41) is 3.19. The van der Waals surface area contributed by atoms with Crippen molar-refractivity contribution < 1.29 is 14.4 Å². The molecule has 1 aliphatic rings. The first-order valence-electron chi connectivity index (χ1n) is 7.53. The zero-order valence-corrected chi connectivity index (χ0v) is 13.8. The van der Waals surface area contributed by atoms with E-state index in [-0.39, 0.29) is 17.4 Å². The fourth-order valence-electron chi connectivity index (χ4n) is 2.69. The van der Waals surface area contributed by atoms with Crippen LogP contribution in [0.25, 0.3) is 0 Å². The van der Waals surface area contributed by atoms with Crippen molar-refractivity contribution in [1.82, 2.24) is 10.3 Å². The Kier molecular flexibility index (Phi) is 4.40. The maximum Gasteiger partial charge on any atom is 0.268 e. The summed E-state index contributed by atoms with van der Waals surface area (Å²) >= 11 is 6.13. The standard InChI is InChI=1S/C17H16ClN3O3/c1-10(22)11-8-14(19-9-11)16(23)20-13-6-7-21(17(13)24)15-5-3-2-4-12(15)18/h2-5,8-9,13,19H,6-7H2,1H3,(H,20,23). The van der Waals surface area contributed by atoms with E-state index < -0.39 is 11.9 Å². The van der Waals surface area contributed by atoms with Gasteiger partial charge in [-0.15, -0.1) is 0 Å². The van der Waals surface area contributed by atoms with Gasteiger partial charge >= 0.3 is 0 Å². The molecule has 0 spiro atoms. The van der Waals surface area contributed by atoms with Gasteiger partial charge in [0, 0.05) is 18.3 Å². The van der Waals surface area contributed by atoms with Crippen molar-refractivity contribution in [3.63, 3.8) is 0 Å². The van der Waals surface area contributed by atoms with Crippen molar-refractivity contribution in [1.29, 1.82) is 0 Å². The predicted molar refractivity (Wildman–Crippen MR) is 90.5 cm³/mol. The summed E-state index contributed by atoms with van der Waals surface area (Å²) in [4.78, 5) is 40.4. The van der Waals surface area contributed by atoms with Crippen LogP contribution in [0.3, 0.4) is 0 Å². The maximum atomic E-state index is 12.5. The molecule has 1 aliphatic heterocycles. The van der Waals surface area contributed by atoms with E-state index in [4.69, 9.17) is 11.6 Å². The Morgan fingerprint density at radius 3 is 2.75 bits per heavy atom. The molecule has 0 bridgehead atoms. The second-order valence-corrected chi connectivity index (χ2v) is 6.02. The van der Waals surface area contributed by atoms with Crippen molar-refractivity contribution in [3.8, 4) is 0 Å². The van der Waals surface area contributed by atoms with Gasteiger partial charge in [0.25, 0.3) is 5.91 Å². The maximum absolute atomic E-state index is 12.5. The van der Waals surface area contributed by atoms with Gasteiger partial charge in [0.15, 0.2) is 5.78 Å². The minimum Gasteiger partial charge on any atom is -0.356 e. The molecule has 3 rings (SSSR count). The Hall–Kier alpha value is -2.60. The number of nitrogens with zero attached hydrogens (tertiary/aromatic N) is 1. The zero-order chi connectivity index (χ0) is 17.3. The summed E-state index contributed by atoms with van der Waals surface area (Å²) in [6.45, 7) is 1.91. The molecular formula is C17H16ClN3O3. The number of aromatic amines is 1. The molecule has 1 atom stereocenters. The molecule has 2 heterocycles. The van der Waals surface area contributed by atoms with E-state index in [1.165, 1.54) is 19.2 Å². The molecule has 24 heavy (non-hydrogen) atoms. The summed E-state index contributed by atoms with van der Waals surface area (Å²) in [5.74, 6) is -0.746. The SMILES string of the molecule is CC(=O)c1c[nH]c(C(=O)NC2CCN(c3ccccc3Cl)C2=O)c1. The number of Topliss-reactive ketones (excluding diaryl/α,β-unsaturated/α-hetero) is 1. The van der Waals surface area contributed by atoms with Crippen LogP contribution in [0.1, 0.15) is 34.2 Å². The monoisotopic (exact) mass is 345 g/mol. The van der Waals surface area contributed by atoms with Crippen molar-refractivity contribution in [2.45, 2.75) is 19.4 Å². The third kappa shape index (κ3) is 3.05. The van der Waals surface area contributed by atoms with Gasteiger partial charge in [0.2, 0.25) is 5.91 Å². The number of anilines is 1. The number of halogens is 1. The molecule has 6 nitrogen and oxygen atoms in total. The molecule has 1 saturated heterocycles. The van der Waals surface area contributed by atoms with E-state index in [9.17, 15) is 14.4 Å². The van der Waals surface area contributed by atoms with Crippen molar-refractivity contribution in [2.24, 2.45) is 0 Å². The second kappa shape index (κ2) is 6.49. The van der Waals surface area contributed by atoms with Gasteiger partial charge in [-0.1, -0.05) is 23.7 Å². The highest BCUT2D eigenvalue weighted by Crippen LogP contribution is 2.29. The number of ketones is 1. The lowest BCUT2D eigenvalue weighted by molar-refractivity contribution is -0.118. The molecule has 124 valence electrons. The predicted octanol–water partition coefficient (Wildman–Crippen LogP) is 2.41. The van der Waals surface area contributed by atoms with Crippen LogP contribution in [0, 0.1) is 0 Å². The van der Waals surface area contributed by atoms with E-state index in [0.717, 1.165) is 0 Å². The van der Waals surface area contributed by atoms with Crippen LogP contribution in [0.2, 0.25) is 5.02 Å². The Morgan fingerprint density at radius 2 is 2.08 bits per heavy atom. The third-order valence-electron chi connectivity index (χ3n) is 3.99. The summed E-state index contributed by atoms with van der Waals surface area (Å²) in [5.41, 5.74) is 1.32. The molecular weight excluding hydrogens is 330 g/mol. The third-order valence-corrected chi connectivity index (χ3v) is 4.31. The van der Waals surface area contributed by atoms with Gasteiger partial charge in [0.1, 0.15) is 11.7 Å². The van der Waals surface area contributed by atoms with Crippen LogP contribution < -0.4 is 10.2 Å². The summed E-state index contributed by atoms with van der Waals surface area (Å²) in [7, 11) is 0. The molecule has 2 amide bonds. The minimum absolute atomic E-state index is 0.132. The van der Waals surface area contributed by atoms with Gasteiger partial charge in [-0.3, -0.25) is 14.4 Å². The highest BCUT2D eigenvalue weighted by atomic mass is 35.5. The van der Waals surface area contributed by atoms with Gasteiger partial charge in [-0.25, -0.2) is 0 Å². The number of hydrogen-bond donors (Lipinski definition) is 2. The quantitative estimate of drug-likeness (QED) is 0.835. The molecule has 0 saturated carbocycles. The molecule has 1 aromatic heterocycles. The largest absolute Gasteiger partial charge is 0.356 e. The summed E-state index contributed by atoms with van der Waals surface area (Å²) in [6.07, 6.45) is 1.97. The Balaban J connectivity index is 1.70. The van der Waals surface area contributed by atoms with E-state index in [1.807, 2.05) is 6.07 Å². The van der Waals surface area contributed by atoms with Gasteiger partial charge < -0.3 is 15.2 Å². The van der Waals surface area contributed by atoms with Crippen LogP contribution in [-0.4, -0.2) is 35.2 Å². The molecule has 7 heteroatoms. The second-order valence-electron chi connectivity index (χ2n) is 5.61. The molecule has 2 aromatic rings. The Morgan fingerprint density at radius 1 is 1.33 bits per heavy atom. The first-order chi connectivity index (χ1) is 11.5. The van der Waals surface area contributed by atoms with Crippen LogP contribution in [0.15, 0.2) is 36.5 Å². The average Bonchev–Trinajstić information content (AvgIpc) is 3.17. The van der Waals surface area contributed by atoms with Crippen LogP contribution in [-0.2, 0) is 4.79 Å². The highest BCUT2D eigenvalue weighted by molar-refractivity contribution is 6.34. The average molecular weight is 346 g/mol. The fraction of sp³-hybridized carbons (Fsp3) is 0.235. The first kappa shape index (κ1) is 16.3. The zero-order valence-electron chi connectivity index (χ0n) is 13.0. The van der Waals surface area contributed by atoms with E-state index >= 15 is 0 Å². The van der Waals surface area contributed by atoms with Gasteiger partial charge in [-0.2, -0.15) is 0 Å². The Labute approximate surface area is 143 Å². The van der Waals surface area contributed by atoms with E-state index in [1.54, 1.807) is 23.1 Å². The number of benzene rings is 1.